The zero-order valence-electron chi connectivity index (χ0n) is 11.6. The minimum atomic E-state index is -0.381. The molecule has 0 bridgehead atoms. The van der Waals surface area contributed by atoms with E-state index in [0.717, 1.165) is 38.3 Å². The molecule has 0 saturated carbocycles. The van der Waals surface area contributed by atoms with Crippen molar-refractivity contribution in [2.45, 2.75) is 45.1 Å². The quantitative estimate of drug-likeness (QED) is 0.798. The molecule has 0 atom stereocenters. The summed E-state index contributed by atoms with van der Waals surface area (Å²) in [7, 11) is 0. The molecule has 0 aromatic carbocycles. The first-order valence-corrected chi connectivity index (χ1v) is 6.96. The van der Waals surface area contributed by atoms with Crippen LogP contribution < -0.4 is 0 Å². The molecule has 3 rings (SSSR count). The Morgan fingerprint density at radius 1 is 1.32 bits per heavy atom. The van der Waals surface area contributed by atoms with E-state index in [2.05, 4.69) is 34.3 Å². The zero-order valence-corrected chi connectivity index (χ0v) is 11.6. The van der Waals surface area contributed by atoms with Crippen LogP contribution in [-0.4, -0.2) is 57.2 Å². The van der Waals surface area contributed by atoms with E-state index < -0.39 is 0 Å². The lowest BCUT2D eigenvalue weighted by Crippen LogP contribution is -2.48. The number of ether oxygens (including phenoxy) is 2. The number of aromatic nitrogens is 4. The fourth-order valence-corrected chi connectivity index (χ4v) is 2.86. The second kappa shape index (κ2) is 5.15. The summed E-state index contributed by atoms with van der Waals surface area (Å²) in [4.78, 5) is 2.32. The molecule has 2 aliphatic heterocycles. The van der Waals surface area contributed by atoms with Gasteiger partial charge in [0.05, 0.1) is 32.3 Å². The lowest BCUT2D eigenvalue weighted by molar-refractivity contribution is -0.190. The molecule has 1 spiro atoms. The lowest BCUT2D eigenvalue weighted by Gasteiger charge is -2.38. The fourth-order valence-electron chi connectivity index (χ4n) is 2.86. The van der Waals surface area contributed by atoms with Gasteiger partial charge in [-0.2, -0.15) is 0 Å². The van der Waals surface area contributed by atoms with Crippen LogP contribution in [0.25, 0.3) is 0 Å². The molecule has 3 heterocycles. The summed E-state index contributed by atoms with van der Waals surface area (Å²) in [5.74, 6) is 0.527. The number of hydrogen-bond acceptors (Lipinski definition) is 6. The zero-order chi connectivity index (χ0) is 13.3. The van der Waals surface area contributed by atoms with Gasteiger partial charge in [-0.3, -0.25) is 4.90 Å². The van der Waals surface area contributed by atoms with Crippen molar-refractivity contribution in [3.63, 3.8) is 0 Å². The van der Waals surface area contributed by atoms with E-state index in [1.165, 1.54) is 0 Å². The van der Waals surface area contributed by atoms with Crippen molar-refractivity contribution in [1.82, 2.24) is 25.1 Å². The number of nitrogens with zero attached hydrogens (tertiary/aromatic N) is 5. The van der Waals surface area contributed by atoms with Crippen molar-refractivity contribution in [2.75, 3.05) is 26.3 Å². The number of likely N-dealkylation sites (tertiary alicyclic amines) is 1. The maximum atomic E-state index is 5.79. The lowest BCUT2D eigenvalue weighted by atomic mass is 10.0. The highest BCUT2D eigenvalue weighted by Crippen LogP contribution is 2.30. The summed E-state index contributed by atoms with van der Waals surface area (Å²) in [6.45, 7) is 8.17. The molecule has 106 valence electrons. The Labute approximate surface area is 112 Å². The highest BCUT2D eigenvalue weighted by molar-refractivity contribution is 4.89. The van der Waals surface area contributed by atoms with Crippen molar-refractivity contribution in [3.05, 3.63) is 5.82 Å². The van der Waals surface area contributed by atoms with E-state index >= 15 is 0 Å². The first-order valence-electron chi connectivity index (χ1n) is 6.96. The van der Waals surface area contributed by atoms with Crippen molar-refractivity contribution in [3.8, 4) is 0 Å². The largest absolute Gasteiger partial charge is 0.346 e. The number of rotatable bonds is 3. The van der Waals surface area contributed by atoms with Crippen LogP contribution >= 0.6 is 0 Å². The van der Waals surface area contributed by atoms with Crippen LogP contribution in [0.5, 0.6) is 0 Å². The highest BCUT2D eigenvalue weighted by atomic mass is 16.7. The Bertz CT molecular complexity index is 428. The number of hydrogen-bond donors (Lipinski definition) is 0. The summed E-state index contributed by atoms with van der Waals surface area (Å²) in [5, 5.41) is 11.9. The van der Waals surface area contributed by atoms with Gasteiger partial charge in [0.1, 0.15) is 0 Å². The molecule has 0 amide bonds. The van der Waals surface area contributed by atoms with Gasteiger partial charge in [-0.25, -0.2) is 4.68 Å². The van der Waals surface area contributed by atoms with Gasteiger partial charge in [0.2, 0.25) is 0 Å². The Kier molecular flexibility index (Phi) is 3.51. The minimum Gasteiger partial charge on any atom is -0.346 e. The SMILES string of the molecule is CC(C)n1nnnc1CN1CCCC2(C1)OCCO2. The molecule has 7 nitrogen and oxygen atoms in total. The topological polar surface area (TPSA) is 65.3 Å². The molecule has 2 fully saturated rings. The predicted molar refractivity (Wildman–Crippen MR) is 67.3 cm³/mol. The highest BCUT2D eigenvalue weighted by Gasteiger charge is 2.40. The van der Waals surface area contributed by atoms with Gasteiger partial charge in [0, 0.05) is 6.42 Å². The summed E-state index contributed by atoms with van der Waals surface area (Å²) in [6, 6.07) is 0.280. The molecule has 0 aliphatic carbocycles. The molecule has 1 aromatic heterocycles. The van der Waals surface area contributed by atoms with E-state index in [1.807, 2.05) is 4.68 Å². The third kappa shape index (κ3) is 2.63. The third-order valence-corrected chi connectivity index (χ3v) is 3.73. The van der Waals surface area contributed by atoms with Gasteiger partial charge in [-0.1, -0.05) is 0 Å². The first-order chi connectivity index (χ1) is 9.19. The monoisotopic (exact) mass is 267 g/mol. The summed E-state index contributed by atoms with van der Waals surface area (Å²) >= 11 is 0. The molecule has 2 saturated heterocycles. The second-order valence-electron chi connectivity index (χ2n) is 5.56. The van der Waals surface area contributed by atoms with Crippen molar-refractivity contribution in [1.29, 1.82) is 0 Å². The third-order valence-electron chi connectivity index (χ3n) is 3.73. The maximum absolute atomic E-state index is 5.79. The molecular weight excluding hydrogens is 246 g/mol. The molecule has 19 heavy (non-hydrogen) atoms. The van der Waals surface area contributed by atoms with Crippen LogP contribution in [0.4, 0.5) is 0 Å². The normalized spacial score (nSPS) is 23.5. The van der Waals surface area contributed by atoms with E-state index in [0.29, 0.717) is 13.2 Å². The van der Waals surface area contributed by atoms with Gasteiger partial charge >= 0.3 is 0 Å². The Hall–Kier alpha value is -1.05. The van der Waals surface area contributed by atoms with Gasteiger partial charge < -0.3 is 9.47 Å². The first kappa shape index (κ1) is 13.0. The Morgan fingerprint density at radius 2 is 2.11 bits per heavy atom. The van der Waals surface area contributed by atoms with E-state index in [9.17, 15) is 0 Å². The summed E-state index contributed by atoms with van der Waals surface area (Å²) < 4.78 is 13.4. The molecular formula is C12H21N5O2. The molecule has 1 aromatic rings. The number of tetrazole rings is 1. The minimum absolute atomic E-state index is 0.280. The van der Waals surface area contributed by atoms with Crippen molar-refractivity contribution < 1.29 is 9.47 Å². The standard InChI is InChI=1S/C12H21N5O2/c1-10(2)17-11(13-14-15-17)8-16-5-3-4-12(9-16)18-6-7-19-12/h10H,3-9H2,1-2H3. The van der Waals surface area contributed by atoms with Crippen LogP contribution in [0.1, 0.15) is 38.6 Å². The molecule has 7 heteroatoms. The van der Waals surface area contributed by atoms with Gasteiger partial charge in [-0.15, -0.1) is 5.10 Å². The molecule has 2 aliphatic rings. The summed E-state index contributed by atoms with van der Waals surface area (Å²) in [5.41, 5.74) is 0. The molecule has 0 radical (unpaired) electrons. The molecule has 0 N–H and O–H groups in total. The predicted octanol–water partition coefficient (Wildman–Crippen LogP) is 0.593. The Morgan fingerprint density at radius 3 is 2.84 bits per heavy atom. The smallest absolute Gasteiger partial charge is 0.181 e. The summed E-state index contributed by atoms with van der Waals surface area (Å²) in [6.07, 6.45) is 2.07. The maximum Gasteiger partial charge on any atom is 0.181 e. The van der Waals surface area contributed by atoms with Crippen LogP contribution in [-0.2, 0) is 16.0 Å². The Balaban J connectivity index is 1.67. The number of piperidine rings is 1. The van der Waals surface area contributed by atoms with Crippen LogP contribution in [0.15, 0.2) is 0 Å². The van der Waals surface area contributed by atoms with E-state index in [-0.39, 0.29) is 11.8 Å². The van der Waals surface area contributed by atoms with Crippen molar-refractivity contribution >= 4 is 0 Å². The molecule has 0 unspecified atom stereocenters. The van der Waals surface area contributed by atoms with Crippen LogP contribution in [0.2, 0.25) is 0 Å². The fraction of sp³-hybridized carbons (Fsp3) is 0.917. The van der Waals surface area contributed by atoms with Gasteiger partial charge in [-0.05, 0) is 37.2 Å². The van der Waals surface area contributed by atoms with Crippen molar-refractivity contribution in [2.24, 2.45) is 0 Å². The van der Waals surface area contributed by atoms with E-state index in [4.69, 9.17) is 9.47 Å². The van der Waals surface area contributed by atoms with Gasteiger partial charge in [0.15, 0.2) is 11.6 Å². The van der Waals surface area contributed by atoms with E-state index in [1.54, 1.807) is 0 Å². The average molecular weight is 267 g/mol. The average Bonchev–Trinajstić information content (AvgIpc) is 2.99. The van der Waals surface area contributed by atoms with Crippen LogP contribution in [0.3, 0.4) is 0 Å². The van der Waals surface area contributed by atoms with Crippen LogP contribution in [0, 0.1) is 0 Å². The second-order valence-corrected chi connectivity index (χ2v) is 5.56. The van der Waals surface area contributed by atoms with Gasteiger partial charge in [0.25, 0.3) is 0 Å².